The number of rotatable bonds is 4. The van der Waals surface area contributed by atoms with E-state index in [1.807, 2.05) is 19.9 Å². The average molecular weight is 328 g/mol. The monoisotopic (exact) mass is 327 g/mol. The van der Waals surface area contributed by atoms with Crippen molar-refractivity contribution >= 4 is 46.5 Å². The first kappa shape index (κ1) is 15.3. The van der Waals surface area contributed by atoms with Gasteiger partial charge in [-0.05, 0) is 19.1 Å². The maximum atomic E-state index is 11.9. The van der Waals surface area contributed by atoms with Gasteiger partial charge in [-0.2, -0.15) is 12.6 Å². The van der Waals surface area contributed by atoms with Crippen molar-refractivity contribution in [2.45, 2.75) is 13.8 Å². The maximum absolute atomic E-state index is 11.9. The topological polar surface area (TPSA) is 54.9 Å². The Balaban J connectivity index is 2.21. The predicted molar refractivity (Wildman–Crippen MR) is 86.7 cm³/mol. The van der Waals surface area contributed by atoms with Crippen LogP contribution < -0.4 is 5.32 Å². The fourth-order valence-corrected chi connectivity index (χ4v) is 2.69. The number of hydrogen-bond acceptors (Lipinski definition) is 5. The van der Waals surface area contributed by atoms with Gasteiger partial charge >= 0.3 is 0 Å². The van der Waals surface area contributed by atoms with Crippen LogP contribution in [0.4, 0.5) is 5.00 Å². The maximum Gasteiger partial charge on any atom is 0.228 e. The Morgan fingerprint density at radius 3 is 2.90 bits per heavy atom. The third-order valence-electron chi connectivity index (χ3n) is 2.73. The summed E-state index contributed by atoms with van der Waals surface area (Å²) in [6.45, 7) is 3.70. The molecule has 4 nitrogen and oxygen atoms in total. The number of hydrogen-bond donors (Lipinski definition) is 2. The minimum atomic E-state index is -0.138. The van der Waals surface area contributed by atoms with Crippen molar-refractivity contribution in [2.24, 2.45) is 5.92 Å². The Morgan fingerprint density at radius 2 is 2.30 bits per heavy atom. The molecule has 2 aromatic heterocycles. The van der Waals surface area contributed by atoms with E-state index < -0.39 is 0 Å². The molecule has 1 atom stereocenters. The molecule has 0 saturated carbocycles. The van der Waals surface area contributed by atoms with E-state index in [2.05, 4.69) is 27.9 Å². The van der Waals surface area contributed by atoms with E-state index >= 15 is 0 Å². The van der Waals surface area contributed by atoms with E-state index in [-0.39, 0.29) is 11.8 Å². The standard InChI is InChI=1S/C13H14ClN3OS2/c1-7(6-19)11(18)17-12-8(2)16-13(20-12)9-3-4-10(14)15-5-9/h3-5,7,19H,6H2,1-2H3,(H,17,18). The van der Waals surface area contributed by atoms with Gasteiger partial charge in [-0.3, -0.25) is 4.79 Å². The molecule has 1 N–H and O–H groups in total. The van der Waals surface area contributed by atoms with Gasteiger partial charge in [0.1, 0.15) is 15.2 Å². The Morgan fingerprint density at radius 1 is 1.55 bits per heavy atom. The molecule has 0 aliphatic rings. The number of aromatic nitrogens is 2. The summed E-state index contributed by atoms with van der Waals surface area (Å²) in [4.78, 5) is 20.4. The number of nitrogens with zero attached hydrogens (tertiary/aromatic N) is 2. The smallest absolute Gasteiger partial charge is 0.228 e. The molecule has 1 amide bonds. The molecule has 7 heteroatoms. The Hall–Kier alpha value is -1.11. The SMILES string of the molecule is Cc1nc(-c2ccc(Cl)nc2)sc1NC(=O)C(C)CS. The second-order valence-electron chi connectivity index (χ2n) is 4.38. The predicted octanol–water partition coefficient (Wildman–Crippen LogP) is 3.67. The lowest BCUT2D eigenvalue weighted by atomic mass is 10.2. The quantitative estimate of drug-likeness (QED) is 0.665. The molecule has 0 aliphatic heterocycles. The zero-order valence-electron chi connectivity index (χ0n) is 11.1. The highest BCUT2D eigenvalue weighted by Gasteiger charge is 2.15. The second-order valence-corrected chi connectivity index (χ2v) is 6.13. The third-order valence-corrected chi connectivity index (χ3v) is 4.62. The number of carbonyl (C=O) groups is 1. The van der Waals surface area contributed by atoms with E-state index in [4.69, 9.17) is 11.6 Å². The van der Waals surface area contributed by atoms with E-state index in [1.54, 1.807) is 12.3 Å². The van der Waals surface area contributed by atoms with Crippen molar-refractivity contribution in [3.8, 4) is 10.6 Å². The van der Waals surface area contributed by atoms with Crippen LogP contribution in [0.5, 0.6) is 0 Å². The zero-order valence-corrected chi connectivity index (χ0v) is 13.5. The van der Waals surface area contributed by atoms with Crippen molar-refractivity contribution in [1.82, 2.24) is 9.97 Å². The fourth-order valence-electron chi connectivity index (χ4n) is 1.46. The van der Waals surface area contributed by atoms with Crippen LogP contribution >= 0.6 is 35.6 Å². The summed E-state index contributed by atoms with van der Waals surface area (Å²) in [5.41, 5.74) is 1.67. The summed E-state index contributed by atoms with van der Waals surface area (Å²) in [6.07, 6.45) is 1.67. The van der Waals surface area contributed by atoms with Crippen molar-refractivity contribution in [2.75, 3.05) is 11.1 Å². The summed E-state index contributed by atoms with van der Waals surface area (Å²) >= 11 is 11.3. The van der Waals surface area contributed by atoms with Gasteiger partial charge in [0.15, 0.2) is 0 Å². The zero-order chi connectivity index (χ0) is 14.7. The first-order valence-electron chi connectivity index (χ1n) is 6.02. The van der Waals surface area contributed by atoms with Crippen LogP contribution in [0.3, 0.4) is 0 Å². The van der Waals surface area contributed by atoms with Crippen LogP contribution in [0.1, 0.15) is 12.6 Å². The summed E-state index contributed by atoms with van der Waals surface area (Å²) in [5.74, 6) is 0.325. The summed E-state index contributed by atoms with van der Waals surface area (Å²) < 4.78 is 0. The van der Waals surface area contributed by atoms with Gasteiger partial charge in [0, 0.05) is 23.4 Å². The third kappa shape index (κ3) is 3.50. The van der Waals surface area contributed by atoms with E-state index in [0.29, 0.717) is 10.9 Å². The fraction of sp³-hybridized carbons (Fsp3) is 0.308. The summed E-state index contributed by atoms with van der Waals surface area (Å²) in [7, 11) is 0. The van der Waals surface area contributed by atoms with Gasteiger partial charge < -0.3 is 5.32 Å². The molecule has 0 aliphatic carbocycles. The van der Waals surface area contributed by atoms with Gasteiger partial charge in [-0.1, -0.05) is 29.9 Å². The van der Waals surface area contributed by atoms with Crippen molar-refractivity contribution < 1.29 is 4.79 Å². The molecule has 0 fully saturated rings. The largest absolute Gasteiger partial charge is 0.316 e. The van der Waals surface area contributed by atoms with Crippen LogP contribution in [-0.4, -0.2) is 21.6 Å². The molecule has 106 valence electrons. The lowest BCUT2D eigenvalue weighted by Crippen LogP contribution is -2.21. The van der Waals surface area contributed by atoms with Crippen LogP contribution in [-0.2, 0) is 4.79 Å². The highest BCUT2D eigenvalue weighted by Crippen LogP contribution is 2.32. The molecule has 2 aromatic rings. The van der Waals surface area contributed by atoms with Gasteiger partial charge in [0.2, 0.25) is 5.91 Å². The minimum Gasteiger partial charge on any atom is -0.316 e. The molecule has 20 heavy (non-hydrogen) atoms. The molecule has 0 saturated heterocycles. The van der Waals surface area contributed by atoms with Crippen molar-refractivity contribution in [1.29, 1.82) is 0 Å². The minimum absolute atomic E-state index is 0.0486. The number of halogens is 1. The Bertz CT molecular complexity index is 613. The summed E-state index contributed by atoms with van der Waals surface area (Å²) in [6, 6.07) is 3.57. The molecule has 2 heterocycles. The van der Waals surface area contributed by atoms with E-state index in [0.717, 1.165) is 21.3 Å². The number of nitrogens with one attached hydrogen (secondary N) is 1. The lowest BCUT2D eigenvalue weighted by Gasteiger charge is -2.07. The lowest BCUT2D eigenvalue weighted by molar-refractivity contribution is -0.118. The van der Waals surface area contributed by atoms with Gasteiger partial charge in [-0.25, -0.2) is 9.97 Å². The molecule has 0 spiro atoms. The highest BCUT2D eigenvalue weighted by molar-refractivity contribution is 7.80. The van der Waals surface area contributed by atoms with Crippen LogP contribution in [0.15, 0.2) is 18.3 Å². The van der Waals surface area contributed by atoms with Gasteiger partial charge in [-0.15, -0.1) is 0 Å². The number of pyridine rings is 1. The van der Waals surface area contributed by atoms with Crippen molar-refractivity contribution in [3.05, 3.63) is 29.2 Å². The second kappa shape index (κ2) is 6.56. The number of amides is 1. The number of anilines is 1. The first-order chi connectivity index (χ1) is 9.51. The van der Waals surface area contributed by atoms with Crippen LogP contribution in [0.2, 0.25) is 5.15 Å². The van der Waals surface area contributed by atoms with E-state index in [1.165, 1.54) is 11.3 Å². The van der Waals surface area contributed by atoms with Gasteiger partial charge in [0.25, 0.3) is 0 Å². The molecular weight excluding hydrogens is 314 g/mol. The molecule has 0 radical (unpaired) electrons. The molecule has 1 unspecified atom stereocenters. The number of carbonyl (C=O) groups excluding carboxylic acids is 1. The van der Waals surface area contributed by atoms with E-state index in [9.17, 15) is 4.79 Å². The normalized spacial score (nSPS) is 12.2. The van der Waals surface area contributed by atoms with Gasteiger partial charge in [0.05, 0.1) is 5.69 Å². The molecule has 2 rings (SSSR count). The summed E-state index contributed by atoms with van der Waals surface area (Å²) in [5, 5.41) is 4.89. The number of thiazole rings is 1. The van der Waals surface area contributed by atoms with Crippen LogP contribution in [0.25, 0.3) is 10.6 Å². The molecule has 0 bridgehead atoms. The number of aryl methyl sites for hydroxylation is 1. The van der Waals surface area contributed by atoms with Crippen LogP contribution in [0, 0.1) is 12.8 Å². The molecule has 0 aromatic carbocycles. The Kier molecular flexibility index (Phi) is 5.01. The van der Waals surface area contributed by atoms with Crippen molar-refractivity contribution in [3.63, 3.8) is 0 Å². The average Bonchev–Trinajstić information content (AvgIpc) is 2.80. The first-order valence-corrected chi connectivity index (χ1v) is 7.85. The molecular formula is C13H14ClN3OS2. The highest BCUT2D eigenvalue weighted by atomic mass is 35.5. The Labute approximate surface area is 132 Å². The number of thiol groups is 1.